The summed E-state index contributed by atoms with van der Waals surface area (Å²) in [4.78, 5) is 28.1. The zero-order valence-corrected chi connectivity index (χ0v) is 13.3. The van der Waals surface area contributed by atoms with Gasteiger partial charge in [0, 0.05) is 18.2 Å². The molecule has 3 atom stereocenters. The van der Waals surface area contributed by atoms with E-state index in [4.69, 9.17) is 4.74 Å². The van der Waals surface area contributed by atoms with Crippen molar-refractivity contribution in [1.29, 1.82) is 0 Å². The number of carbonyl (C=O) groups excluding carboxylic acids is 1. The first-order chi connectivity index (χ1) is 11.6. The Balaban J connectivity index is 1.74. The molecule has 7 heteroatoms. The fourth-order valence-corrected chi connectivity index (χ4v) is 2.73. The van der Waals surface area contributed by atoms with E-state index in [1.165, 1.54) is 16.8 Å². The van der Waals surface area contributed by atoms with Gasteiger partial charge in [-0.15, -0.1) is 0 Å². The molecule has 7 nitrogen and oxygen atoms in total. The van der Waals surface area contributed by atoms with Crippen LogP contribution < -0.4 is 11.0 Å². The van der Waals surface area contributed by atoms with E-state index in [9.17, 15) is 14.7 Å². The maximum absolute atomic E-state index is 12.2. The smallest absolute Gasteiger partial charge is 0.351 e. The highest BCUT2D eigenvalue weighted by Crippen LogP contribution is 2.29. The highest BCUT2D eigenvalue weighted by atomic mass is 16.5. The average Bonchev–Trinajstić information content (AvgIpc) is 2.96. The molecule has 1 fully saturated rings. The number of amides is 1. The largest absolute Gasteiger partial charge is 0.390 e. The lowest BCUT2D eigenvalue weighted by molar-refractivity contribution is -0.0216. The first-order valence-electron chi connectivity index (χ1n) is 7.87. The van der Waals surface area contributed by atoms with E-state index >= 15 is 0 Å². The average molecular weight is 329 g/mol. The molecule has 1 aromatic carbocycles. The first kappa shape index (κ1) is 16.4. The minimum atomic E-state index is -0.593. The molecule has 3 rings (SSSR count). The van der Waals surface area contributed by atoms with Crippen molar-refractivity contribution in [2.24, 2.45) is 0 Å². The number of hydrogen-bond donors (Lipinski definition) is 2. The summed E-state index contributed by atoms with van der Waals surface area (Å²) in [7, 11) is 0. The van der Waals surface area contributed by atoms with Gasteiger partial charge in [-0.1, -0.05) is 25.1 Å². The molecule has 2 heterocycles. The minimum Gasteiger partial charge on any atom is -0.390 e. The van der Waals surface area contributed by atoms with Crippen molar-refractivity contribution in [1.82, 2.24) is 9.55 Å². The van der Waals surface area contributed by atoms with E-state index < -0.39 is 18.0 Å². The van der Waals surface area contributed by atoms with Crippen molar-refractivity contribution in [3.05, 3.63) is 58.6 Å². The van der Waals surface area contributed by atoms with E-state index in [0.29, 0.717) is 18.4 Å². The number of benzene rings is 1. The van der Waals surface area contributed by atoms with Gasteiger partial charge in [-0.3, -0.25) is 9.36 Å². The van der Waals surface area contributed by atoms with Crippen LogP contribution in [-0.4, -0.2) is 32.8 Å². The van der Waals surface area contributed by atoms with E-state index in [1.807, 2.05) is 13.0 Å². The third kappa shape index (κ3) is 3.37. The van der Waals surface area contributed by atoms with Crippen molar-refractivity contribution in [2.75, 3.05) is 5.32 Å². The Morgan fingerprint density at radius 1 is 1.38 bits per heavy atom. The fraction of sp³-hybridized carbons (Fsp3) is 0.353. The normalized spacial score (nSPS) is 23.2. The van der Waals surface area contributed by atoms with Gasteiger partial charge in [0.15, 0.2) is 0 Å². The topological polar surface area (TPSA) is 93.5 Å². The Bertz CT molecular complexity index is 775. The van der Waals surface area contributed by atoms with Crippen molar-refractivity contribution >= 4 is 11.7 Å². The van der Waals surface area contributed by atoms with E-state index in [0.717, 1.165) is 0 Å². The van der Waals surface area contributed by atoms with Crippen molar-refractivity contribution in [3.63, 3.8) is 0 Å². The number of carbonyl (C=O) groups is 1. The second-order valence-corrected chi connectivity index (χ2v) is 5.66. The molecule has 0 radical (unpaired) electrons. The Morgan fingerprint density at radius 3 is 2.75 bits per heavy atom. The molecule has 1 aliphatic heterocycles. The predicted octanol–water partition coefficient (Wildman–Crippen LogP) is 1.55. The minimum absolute atomic E-state index is 0.177. The molecule has 2 N–H and O–H groups in total. The number of hydrogen-bond acceptors (Lipinski definition) is 5. The number of aliphatic hydroxyl groups excluding tert-OH is 1. The summed E-state index contributed by atoms with van der Waals surface area (Å²) in [6.45, 7) is 1.92. The van der Waals surface area contributed by atoms with Gasteiger partial charge < -0.3 is 15.2 Å². The van der Waals surface area contributed by atoms with Gasteiger partial charge in [-0.05, 0) is 24.6 Å². The van der Waals surface area contributed by atoms with E-state index in [2.05, 4.69) is 10.3 Å². The summed E-state index contributed by atoms with van der Waals surface area (Å²) in [5, 5.41) is 12.5. The second-order valence-electron chi connectivity index (χ2n) is 5.66. The molecule has 24 heavy (non-hydrogen) atoms. The number of nitrogens with one attached hydrogen (secondary N) is 1. The van der Waals surface area contributed by atoms with Crippen LogP contribution in [0.25, 0.3) is 0 Å². The number of ether oxygens (including phenoxy) is 1. The second kappa shape index (κ2) is 6.94. The highest BCUT2D eigenvalue weighted by Gasteiger charge is 2.34. The van der Waals surface area contributed by atoms with Crippen LogP contribution in [0.2, 0.25) is 0 Å². The number of aliphatic hydroxyl groups is 1. The lowest BCUT2D eigenvalue weighted by Gasteiger charge is -2.15. The van der Waals surface area contributed by atoms with Gasteiger partial charge in [0.25, 0.3) is 5.91 Å². The lowest BCUT2D eigenvalue weighted by atomic mass is 10.1. The van der Waals surface area contributed by atoms with Gasteiger partial charge in [-0.25, -0.2) is 4.79 Å². The molecule has 1 saturated heterocycles. The molecule has 2 aromatic rings. The number of rotatable bonds is 4. The fourth-order valence-electron chi connectivity index (χ4n) is 2.73. The van der Waals surface area contributed by atoms with Gasteiger partial charge >= 0.3 is 5.69 Å². The van der Waals surface area contributed by atoms with Gasteiger partial charge in [-0.2, -0.15) is 4.98 Å². The Kier molecular flexibility index (Phi) is 4.73. The summed E-state index contributed by atoms with van der Waals surface area (Å²) in [6, 6.07) is 10.2. The zero-order valence-electron chi connectivity index (χ0n) is 13.3. The lowest BCUT2D eigenvalue weighted by Crippen LogP contribution is -2.28. The van der Waals surface area contributed by atoms with Gasteiger partial charge in [0.2, 0.25) is 0 Å². The van der Waals surface area contributed by atoms with Crippen LogP contribution in [-0.2, 0) is 4.74 Å². The molecule has 0 unspecified atom stereocenters. The quantitative estimate of drug-likeness (QED) is 0.888. The molecule has 126 valence electrons. The van der Waals surface area contributed by atoms with Crippen LogP contribution in [0.15, 0.2) is 47.4 Å². The number of aromatic nitrogens is 2. The van der Waals surface area contributed by atoms with Gasteiger partial charge in [0.1, 0.15) is 12.0 Å². The SMILES string of the molecule is CC[C@H]1O[C@@H](n2ccc(NC(=O)c3ccccc3)nc2=O)C[C@H]1O. The summed E-state index contributed by atoms with van der Waals surface area (Å²) in [5.74, 6) is -0.158. The Labute approximate surface area is 138 Å². The van der Waals surface area contributed by atoms with Crippen LogP contribution in [0.1, 0.15) is 36.4 Å². The van der Waals surface area contributed by atoms with Crippen molar-refractivity contribution < 1.29 is 14.6 Å². The highest BCUT2D eigenvalue weighted by molar-refractivity contribution is 6.03. The third-order valence-electron chi connectivity index (χ3n) is 4.02. The third-order valence-corrected chi connectivity index (χ3v) is 4.02. The molecule has 0 bridgehead atoms. The molecule has 1 aromatic heterocycles. The Hall–Kier alpha value is -2.51. The number of anilines is 1. The maximum Gasteiger partial charge on any atom is 0.351 e. The van der Waals surface area contributed by atoms with Crippen LogP contribution in [0.4, 0.5) is 5.82 Å². The van der Waals surface area contributed by atoms with Crippen molar-refractivity contribution in [3.8, 4) is 0 Å². The Morgan fingerprint density at radius 2 is 2.12 bits per heavy atom. The molecule has 1 amide bonds. The summed E-state index contributed by atoms with van der Waals surface area (Å²) >= 11 is 0. The van der Waals surface area contributed by atoms with Gasteiger partial charge in [0.05, 0.1) is 12.2 Å². The van der Waals surface area contributed by atoms with Crippen LogP contribution in [0, 0.1) is 0 Å². The number of nitrogens with zero attached hydrogens (tertiary/aromatic N) is 2. The standard InChI is InChI=1S/C17H19N3O4/c1-2-13-12(21)10-15(24-13)20-9-8-14(19-17(20)23)18-16(22)11-6-4-3-5-7-11/h3-9,12-13,15,21H,2,10H2,1H3,(H,18,19,22,23)/t12-,13-,15-/m1/s1. The predicted molar refractivity (Wildman–Crippen MR) is 87.7 cm³/mol. The van der Waals surface area contributed by atoms with Crippen molar-refractivity contribution in [2.45, 2.75) is 38.2 Å². The zero-order chi connectivity index (χ0) is 17.1. The molecule has 0 spiro atoms. The first-order valence-corrected chi connectivity index (χ1v) is 7.87. The summed E-state index contributed by atoms with van der Waals surface area (Å²) < 4.78 is 7.00. The molecular weight excluding hydrogens is 310 g/mol. The van der Waals surface area contributed by atoms with Crippen LogP contribution in [0.5, 0.6) is 0 Å². The molecule has 0 aliphatic carbocycles. The van der Waals surface area contributed by atoms with E-state index in [-0.39, 0.29) is 17.8 Å². The molecule has 1 aliphatic rings. The maximum atomic E-state index is 12.2. The van der Waals surface area contributed by atoms with Crippen LogP contribution in [0.3, 0.4) is 0 Å². The molecule has 0 saturated carbocycles. The molecular formula is C17H19N3O4. The monoisotopic (exact) mass is 329 g/mol. The van der Waals surface area contributed by atoms with E-state index in [1.54, 1.807) is 24.3 Å². The summed E-state index contributed by atoms with van der Waals surface area (Å²) in [5.41, 5.74) is -0.0497. The van der Waals surface area contributed by atoms with Crippen LogP contribution >= 0.6 is 0 Å². The summed E-state index contributed by atoms with van der Waals surface area (Å²) in [6.07, 6.45) is 1.12.